The molecule has 0 aliphatic heterocycles. The van der Waals surface area contributed by atoms with Gasteiger partial charge in [-0.05, 0) is 123 Å². The molecule has 268 valence electrons. The molecule has 0 amide bonds. The minimum absolute atomic E-state index is 0.00144. The Morgan fingerprint density at radius 2 is 1.61 bits per heavy atom. The van der Waals surface area contributed by atoms with E-state index in [0.29, 0.717) is 30.3 Å². The number of fused-ring (bicyclic) bond motifs is 7. The van der Waals surface area contributed by atoms with Crippen LogP contribution in [0, 0.1) is 56.1 Å². The summed E-state index contributed by atoms with van der Waals surface area (Å²) in [7, 11) is 0. The molecular weight excluding hydrogens is 619 g/mol. The highest BCUT2D eigenvalue weighted by atomic mass is 19.1. The molecule has 4 saturated carbocycles. The van der Waals surface area contributed by atoms with Gasteiger partial charge in [-0.1, -0.05) is 72.3 Å². The molecule has 5 aliphatic rings. The number of ether oxygens (including phenoxy) is 2. The molecule has 0 saturated heterocycles. The van der Waals surface area contributed by atoms with Gasteiger partial charge in [0.25, 0.3) is 0 Å². The number of rotatable bonds is 5. The van der Waals surface area contributed by atoms with Crippen LogP contribution in [0.5, 0.6) is 0 Å². The van der Waals surface area contributed by atoms with Gasteiger partial charge in [-0.15, -0.1) is 0 Å². The lowest BCUT2D eigenvalue weighted by molar-refractivity contribution is -0.215. The van der Waals surface area contributed by atoms with Crippen molar-refractivity contribution in [2.45, 2.75) is 132 Å². The van der Waals surface area contributed by atoms with E-state index in [-0.39, 0.29) is 44.7 Å². The molecule has 4 fully saturated rings. The number of esters is 2. The van der Waals surface area contributed by atoms with E-state index in [2.05, 4.69) is 54.5 Å². The standard InChI is InChI=1S/C42H57FO6/c1-10-25(2)34(44)49-33-24-37(3,4)23-29-28-14-15-31-39(7)18-17-32(48-35(45)26-12-11-13-27(43)22-26)38(5,6)30(39)16-19-41(31,9)40(28,8)20-21-42(29,33)36(46)47/h10-14,22,29-33H,15-21,23-24H2,1-9H3,(H,46,47)/b25-10-/t29-,30-,31+,32-,33+,39-,40+,41+,42-/m0/s1. The van der Waals surface area contributed by atoms with E-state index in [4.69, 9.17) is 9.47 Å². The van der Waals surface area contributed by atoms with Gasteiger partial charge in [0.1, 0.15) is 23.4 Å². The summed E-state index contributed by atoms with van der Waals surface area (Å²) in [5.41, 5.74) is 0.151. The Bertz CT molecular complexity index is 1610. The zero-order chi connectivity index (χ0) is 35.9. The Balaban J connectivity index is 1.33. The Hall–Kier alpha value is -2.96. The van der Waals surface area contributed by atoms with E-state index in [1.165, 1.54) is 17.7 Å². The first-order valence-electron chi connectivity index (χ1n) is 18.5. The summed E-state index contributed by atoms with van der Waals surface area (Å²) in [6.45, 7) is 19.7. The third-order valence-electron chi connectivity index (χ3n) is 15.3. The number of carbonyl (C=O) groups is 3. The van der Waals surface area contributed by atoms with Crippen LogP contribution in [0.4, 0.5) is 4.39 Å². The van der Waals surface area contributed by atoms with Crippen molar-refractivity contribution in [3.63, 3.8) is 0 Å². The molecule has 0 bridgehead atoms. The molecule has 1 aromatic carbocycles. The summed E-state index contributed by atoms with van der Waals surface area (Å²) in [6, 6.07) is 5.72. The number of halogens is 1. The minimum atomic E-state index is -1.15. The van der Waals surface area contributed by atoms with Crippen molar-refractivity contribution in [2.75, 3.05) is 0 Å². The Kier molecular flexibility index (Phi) is 8.63. The van der Waals surface area contributed by atoms with Crippen LogP contribution in [0.1, 0.15) is 130 Å². The van der Waals surface area contributed by atoms with E-state index in [0.717, 1.165) is 44.9 Å². The number of carbonyl (C=O) groups excluding carboxylic acids is 2. The van der Waals surface area contributed by atoms with Gasteiger partial charge >= 0.3 is 17.9 Å². The molecule has 5 aliphatic carbocycles. The fraction of sp³-hybridized carbons (Fsp3) is 0.690. The molecule has 6 rings (SSSR count). The molecule has 1 N–H and O–H groups in total. The van der Waals surface area contributed by atoms with E-state index in [9.17, 15) is 23.9 Å². The summed E-state index contributed by atoms with van der Waals surface area (Å²) in [5, 5.41) is 11.1. The Labute approximate surface area is 292 Å². The molecule has 6 nitrogen and oxygen atoms in total. The number of carboxylic acids is 1. The second-order valence-electron chi connectivity index (χ2n) is 18.4. The summed E-state index contributed by atoms with van der Waals surface area (Å²) in [4.78, 5) is 39.8. The molecule has 1 aromatic rings. The lowest BCUT2D eigenvalue weighted by Gasteiger charge is -2.71. The van der Waals surface area contributed by atoms with Gasteiger partial charge in [-0.25, -0.2) is 14.0 Å². The van der Waals surface area contributed by atoms with Crippen molar-refractivity contribution in [3.8, 4) is 0 Å². The zero-order valence-electron chi connectivity index (χ0n) is 31.1. The molecule has 49 heavy (non-hydrogen) atoms. The van der Waals surface area contributed by atoms with Crippen molar-refractivity contribution in [2.24, 2.45) is 50.2 Å². The normalized spacial score (nSPS) is 40.7. The van der Waals surface area contributed by atoms with Gasteiger partial charge in [0.05, 0.1) is 5.56 Å². The topological polar surface area (TPSA) is 89.9 Å². The van der Waals surface area contributed by atoms with Crippen LogP contribution in [0.25, 0.3) is 0 Å². The molecule has 9 atom stereocenters. The average Bonchev–Trinajstić information content (AvgIpc) is 3.01. The lowest BCUT2D eigenvalue weighted by Crippen LogP contribution is -2.67. The van der Waals surface area contributed by atoms with Crippen molar-refractivity contribution in [1.29, 1.82) is 0 Å². The van der Waals surface area contributed by atoms with Crippen LogP contribution in [0.2, 0.25) is 0 Å². The SMILES string of the molecule is C/C=C(/C)C(=O)O[C@@H]1CC(C)(C)C[C@H]2C3=CC[C@@H]4[C@@]5(C)CC[C@H](OC(=O)c6cccc(F)c6)C(C)(C)[C@@H]5CC[C@@]4(C)[C@]3(C)CC[C@@]12C(=O)O. The quantitative estimate of drug-likeness (QED) is 0.190. The fourth-order valence-electron chi connectivity index (χ4n) is 12.3. The fourth-order valence-corrected chi connectivity index (χ4v) is 12.3. The highest BCUT2D eigenvalue weighted by Crippen LogP contribution is 2.76. The second-order valence-corrected chi connectivity index (χ2v) is 18.4. The van der Waals surface area contributed by atoms with Crippen LogP contribution in [-0.4, -0.2) is 35.2 Å². The molecule has 7 heteroatoms. The van der Waals surface area contributed by atoms with Gasteiger partial charge in [0, 0.05) is 16.9 Å². The minimum Gasteiger partial charge on any atom is -0.481 e. The highest BCUT2D eigenvalue weighted by Gasteiger charge is 2.71. The van der Waals surface area contributed by atoms with Crippen LogP contribution in [0.15, 0.2) is 47.6 Å². The van der Waals surface area contributed by atoms with E-state index in [1.54, 1.807) is 32.1 Å². The molecule has 0 heterocycles. The van der Waals surface area contributed by atoms with Crippen LogP contribution in [-0.2, 0) is 19.1 Å². The first-order valence-corrected chi connectivity index (χ1v) is 18.5. The zero-order valence-corrected chi connectivity index (χ0v) is 31.1. The van der Waals surface area contributed by atoms with Gasteiger partial charge in [0.2, 0.25) is 0 Å². The van der Waals surface area contributed by atoms with Gasteiger partial charge in [-0.2, -0.15) is 0 Å². The molecular formula is C42H57FO6. The number of carboxylic acid groups (broad SMARTS) is 1. The van der Waals surface area contributed by atoms with Crippen LogP contribution in [0.3, 0.4) is 0 Å². The average molecular weight is 677 g/mol. The maximum atomic E-state index is 13.9. The van der Waals surface area contributed by atoms with Gasteiger partial charge in [0.15, 0.2) is 0 Å². The maximum Gasteiger partial charge on any atom is 0.338 e. The number of benzene rings is 1. The number of allylic oxidation sites excluding steroid dienone is 3. The third kappa shape index (κ3) is 5.25. The Morgan fingerprint density at radius 3 is 2.27 bits per heavy atom. The summed E-state index contributed by atoms with van der Waals surface area (Å²) in [5.74, 6) is -1.69. The first-order chi connectivity index (χ1) is 22.8. The van der Waals surface area contributed by atoms with E-state index < -0.39 is 35.2 Å². The smallest absolute Gasteiger partial charge is 0.338 e. The van der Waals surface area contributed by atoms with Crippen molar-refractivity contribution < 1.29 is 33.4 Å². The number of hydrogen-bond donors (Lipinski definition) is 1. The summed E-state index contributed by atoms with van der Waals surface area (Å²) in [6.07, 6.45) is 10.3. The van der Waals surface area contributed by atoms with Crippen LogP contribution >= 0.6 is 0 Å². The summed E-state index contributed by atoms with van der Waals surface area (Å²) >= 11 is 0. The number of aliphatic carboxylic acids is 1. The van der Waals surface area contributed by atoms with E-state index >= 15 is 0 Å². The van der Waals surface area contributed by atoms with Crippen molar-refractivity contribution >= 4 is 17.9 Å². The predicted molar refractivity (Wildman–Crippen MR) is 187 cm³/mol. The molecule has 0 spiro atoms. The van der Waals surface area contributed by atoms with Gasteiger partial charge < -0.3 is 14.6 Å². The Morgan fingerprint density at radius 1 is 0.898 bits per heavy atom. The monoisotopic (exact) mass is 676 g/mol. The largest absolute Gasteiger partial charge is 0.481 e. The van der Waals surface area contributed by atoms with Crippen LogP contribution < -0.4 is 0 Å². The summed E-state index contributed by atoms with van der Waals surface area (Å²) < 4.78 is 26.2. The first kappa shape index (κ1) is 35.9. The van der Waals surface area contributed by atoms with Gasteiger partial charge in [-0.3, -0.25) is 4.79 Å². The second kappa shape index (κ2) is 11.8. The number of hydrogen-bond acceptors (Lipinski definition) is 5. The third-order valence-corrected chi connectivity index (χ3v) is 15.3. The molecule has 0 radical (unpaired) electrons. The van der Waals surface area contributed by atoms with Crippen molar-refractivity contribution in [1.82, 2.24) is 0 Å². The molecule has 0 aromatic heterocycles. The maximum absolute atomic E-state index is 13.9. The van der Waals surface area contributed by atoms with E-state index in [1.807, 2.05) is 0 Å². The highest BCUT2D eigenvalue weighted by molar-refractivity contribution is 5.89. The lowest BCUT2D eigenvalue weighted by atomic mass is 9.33. The predicted octanol–water partition coefficient (Wildman–Crippen LogP) is 9.73. The van der Waals surface area contributed by atoms with Crippen molar-refractivity contribution in [3.05, 3.63) is 58.9 Å². The molecule has 0 unspecified atom stereocenters.